The Morgan fingerprint density at radius 1 is 0.970 bits per heavy atom. The molecule has 0 aliphatic rings. The summed E-state index contributed by atoms with van der Waals surface area (Å²) in [4.78, 5) is 35.8. The highest BCUT2D eigenvalue weighted by molar-refractivity contribution is 5.76. The molecule has 0 spiro atoms. The second-order valence-electron chi connectivity index (χ2n) is 7.44. The summed E-state index contributed by atoms with van der Waals surface area (Å²) in [6, 6.07) is 19.9. The van der Waals surface area contributed by atoms with Gasteiger partial charge in [0.05, 0.1) is 24.7 Å². The number of aromatic nitrogens is 4. The number of nitrogens with zero attached hydrogens (tertiary/aromatic N) is 4. The lowest BCUT2D eigenvalue weighted by Gasteiger charge is -2.15. The SMILES string of the molecule is COc1ccccc1-n1c(=O)n(Cc2nc(-c3ccccc3)oc2C)c(=O)c2cccnc21. The number of fused-ring (bicyclic) bond motifs is 1. The van der Waals surface area contributed by atoms with Crippen LogP contribution < -0.4 is 16.0 Å². The maximum absolute atomic E-state index is 13.6. The summed E-state index contributed by atoms with van der Waals surface area (Å²) in [7, 11) is 1.53. The van der Waals surface area contributed by atoms with Crippen LogP contribution in [-0.2, 0) is 6.54 Å². The topological polar surface area (TPSA) is 92.1 Å². The number of hydrogen-bond acceptors (Lipinski definition) is 6. The molecule has 0 aliphatic carbocycles. The standard InChI is InChI=1S/C25H20N4O4/c1-16-19(27-23(33-16)17-9-4-3-5-10-17)15-28-24(30)18-11-8-14-26-22(18)29(25(28)31)20-12-6-7-13-21(20)32-2/h3-14H,15H2,1-2H3. The summed E-state index contributed by atoms with van der Waals surface area (Å²) in [6.45, 7) is 1.72. The van der Waals surface area contributed by atoms with Crippen LogP contribution in [0.25, 0.3) is 28.2 Å². The fraction of sp³-hybridized carbons (Fsp3) is 0.120. The molecule has 164 valence electrons. The Labute approximate surface area is 188 Å². The molecule has 0 amide bonds. The van der Waals surface area contributed by atoms with Crippen molar-refractivity contribution < 1.29 is 9.15 Å². The molecule has 3 aromatic heterocycles. The fourth-order valence-corrected chi connectivity index (χ4v) is 3.79. The molecule has 0 bridgehead atoms. The van der Waals surface area contributed by atoms with E-state index in [1.165, 1.54) is 11.7 Å². The molecule has 8 heteroatoms. The molecule has 5 rings (SSSR count). The molecule has 0 aliphatic heterocycles. The second-order valence-corrected chi connectivity index (χ2v) is 7.44. The maximum Gasteiger partial charge on any atom is 0.337 e. The summed E-state index contributed by atoms with van der Waals surface area (Å²) in [5, 5.41) is 0.312. The van der Waals surface area contributed by atoms with Crippen molar-refractivity contribution in [2.75, 3.05) is 7.11 Å². The highest BCUT2D eigenvalue weighted by Crippen LogP contribution is 2.24. The Morgan fingerprint density at radius 2 is 1.73 bits per heavy atom. The smallest absolute Gasteiger partial charge is 0.337 e. The molecule has 2 aromatic carbocycles. The quantitative estimate of drug-likeness (QED) is 0.415. The van der Waals surface area contributed by atoms with Gasteiger partial charge in [0.15, 0.2) is 5.65 Å². The summed E-state index contributed by atoms with van der Waals surface area (Å²) in [6.07, 6.45) is 1.55. The summed E-state index contributed by atoms with van der Waals surface area (Å²) in [5.41, 5.74) is 1.08. The van der Waals surface area contributed by atoms with E-state index in [9.17, 15) is 9.59 Å². The van der Waals surface area contributed by atoms with Crippen LogP contribution in [0.1, 0.15) is 11.5 Å². The van der Waals surface area contributed by atoms with Crippen LogP contribution in [0, 0.1) is 6.92 Å². The first-order valence-corrected chi connectivity index (χ1v) is 10.3. The number of methoxy groups -OCH3 is 1. The van der Waals surface area contributed by atoms with Gasteiger partial charge < -0.3 is 9.15 Å². The first-order valence-electron chi connectivity index (χ1n) is 10.3. The molecule has 0 saturated carbocycles. The average Bonchev–Trinajstić information content (AvgIpc) is 3.23. The lowest BCUT2D eigenvalue weighted by Crippen LogP contribution is -2.40. The van der Waals surface area contributed by atoms with Gasteiger partial charge in [-0.05, 0) is 43.3 Å². The molecule has 3 heterocycles. The molecule has 0 N–H and O–H groups in total. The van der Waals surface area contributed by atoms with E-state index in [1.54, 1.807) is 43.5 Å². The van der Waals surface area contributed by atoms with Gasteiger partial charge in [0, 0.05) is 11.8 Å². The zero-order valence-corrected chi connectivity index (χ0v) is 18.1. The number of benzene rings is 2. The predicted octanol–water partition coefficient (Wildman–Crippen LogP) is 3.57. The van der Waals surface area contributed by atoms with Gasteiger partial charge >= 0.3 is 5.69 Å². The lowest BCUT2D eigenvalue weighted by atomic mass is 10.2. The third-order valence-corrected chi connectivity index (χ3v) is 5.44. The van der Waals surface area contributed by atoms with E-state index in [0.717, 1.165) is 10.1 Å². The average molecular weight is 440 g/mol. The number of hydrogen-bond donors (Lipinski definition) is 0. The molecular weight excluding hydrogens is 420 g/mol. The monoisotopic (exact) mass is 440 g/mol. The largest absolute Gasteiger partial charge is 0.495 e. The van der Waals surface area contributed by atoms with E-state index in [1.807, 2.05) is 36.4 Å². The minimum atomic E-state index is -0.542. The number of oxazole rings is 1. The lowest BCUT2D eigenvalue weighted by molar-refractivity contribution is 0.412. The zero-order chi connectivity index (χ0) is 22.9. The Bertz CT molecular complexity index is 1580. The molecule has 33 heavy (non-hydrogen) atoms. The molecule has 0 unspecified atom stereocenters. The van der Waals surface area contributed by atoms with E-state index in [-0.39, 0.29) is 12.2 Å². The van der Waals surface area contributed by atoms with Crippen LogP contribution in [0.5, 0.6) is 5.75 Å². The molecule has 0 radical (unpaired) electrons. The highest BCUT2D eigenvalue weighted by Gasteiger charge is 2.20. The van der Waals surface area contributed by atoms with E-state index >= 15 is 0 Å². The summed E-state index contributed by atoms with van der Waals surface area (Å²) >= 11 is 0. The first kappa shape index (κ1) is 20.4. The fourth-order valence-electron chi connectivity index (χ4n) is 3.79. The van der Waals surface area contributed by atoms with Gasteiger partial charge in [-0.2, -0.15) is 0 Å². The van der Waals surface area contributed by atoms with Gasteiger partial charge in [0.2, 0.25) is 5.89 Å². The predicted molar refractivity (Wildman–Crippen MR) is 124 cm³/mol. The minimum Gasteiger partial charge on any atom is -0.495 e. The van der Waals surface area contributed by atoms with Gasteiger partial charge in [0.1, 0.15) is 17.2 Å². The van der Waals surface area contributed by atoms with E-state index in [2.05, 4.69) is 9.97 Å². The van der Waals surface area contributed by atoms with Gasteiger partial charge in [-0.25, -0.2) is 19.3 Å². The summed E-state index contributed by atoms with van der Waals surface area (Å²) < 4.78 is 13.8. The van der Waals surface area contributed by atoms with Crippen molar-refractivity contribution >= 4 is 11.0 Å². The Balaban J connectivity index is 1.72. The maximum atomic E-state index is 13.6. The first-order chi connectivity index (χ1) is 16.1. The third kappa shape index (κ3) is 3.51. The molecule has 0 saturated heterocycles. The normalized spacial score (nSPS) is 11.1. The molecule has 0 fully saturated rings. The van der Waals surface area contributed by atoms with Crippen molar-refractivity contribution in [2.24, 2.45) is 0 Å². The number of para-hydroxylation sites is 2. The van der Waals surface area contributed by atoms with Crippen LogP contribution >= 0.6 is 0 Å². The molecule has 0 atom stereocenters. The molecule has 5 aromatic rings. The third-order valence-electron chi connectivity index (χ3n) is 5.44. The van der Waals surface area contributed by atoms with Gasteiger partial charge in [-0.3, -0.25) is 9.36 Å². The van der Waals surface area contributed by atoms with Crippen LogP contribution in [0.3, 0.4) is 0 Å². The van der Waals surface area contributed by atoms with Crippen molar-refractivity contribution in [3.05, 3.63) is 105 Å². The number of aryl methyl sites for hydroxylation is 1. The van der Waals surface area contributed by atoms with Gasteiger partial charge in [0.25, 0.3) is 5.56 Å². The van der Waals surface area contributed by atoms with Crippen LogP contribution in [0.15, 0.2) is 86.9 Å². The molecule has 8 nitrogen and oxygen atoms in total. The Hall–Kier alpha value is -4.46. The van der Waals surface area contributed by atoms with E-state index in [4.69, 9.17) is 9.15 Å². The van der Waals surface area contributed by atoms with Crippen molar-refractivity contribution in [2.45, 2.75) is 13.5 Å². The van der Waals surface area contributed by atoms with Crippen molar-refractivity contribution in [1.82, 2.24) is 19.1 Å². The zero-order valence-electron chi connectivity index (χ0n) is 18.1. The number of pyridine rings is 1. The Kier molecular flexibility index (Phi) is 5.10. The highest BCUT2D eigenvalue weighted by atomic mass is 16.5. The van der Waals surface area contributed by atoms with Crippen LogP contribution in [0.2, 0.25) is 0 Å². The van der Waals surface area contributed by atoms with Crippen molar-refractivity contribution in [3.63, 3.8) is 0 Å². The number of ether oxygens (including phenoxy) is 1. The van der Waals surface area contributed by atoms with Crippen LogP contribution in [0.4, 0.5) is 0 Å². The van der Waals surface area contributed by atoms with Gasteiger partial charge in [-0.15, -0.1) is 0 Å². The van der Waals surface area contributed by atoms with Gasteiger partial charge in [-0.1, -0.05) is 30.3 Å². The van der Waals surface area contributed by atoms with Crippen molar-refractivity contribution in [1.29, 1.82) is 0 Å². The number of rotatable bonds is 5. The Morgan fingerprint density at radius 3 is 2.52 bits per heavy atom. The van der Waals surface area contributed by atoms with E-state index in [0.29, 0.717) is 34.2 Å². The second kappa shape index (κ2) is 8.23. The van der Waals surface area contributed by atoms with Crippen molar-refractivity contribution in [3.8, 4) is 22.9 Å². The van der Waals surface area contributed by atoms with E-state index < -0.39 is 11.2 Å². The van der Waals surface area contributed by atoms with Crippen LogP contribution in [-0.4, -0.2) is 26.2 Å². The summed E-state index contributed by atoms with van der Waals surface area (Å²) in [5.74, 6) is 1.46. The minimum absolute atomic E-state index is 0.0418. The molecular formula is C25H20N4O4.